The number of fused-ring (bicyclic) bond motifs is 1. The first kappa shape index (κ1) is 18.4. The van der Waals surface area contributed by atoms with Gasteiger partial charge in [-0.2, -0.15) is 5.10 Å². The molecule has 1 fully saturated rings. The minimum atomic E-state index is -0.584. The molecule has 3 aromatic rings. The van der Waals surface area contributed by atoms with Crippen molar-refractivity contribution in [1.82, 2.24) is 29.7 Å². The Morgan fingerprint density at radius 3 is 2.40 bits per heavy atom. The molecular formula is C22H21N7O. The third kappa shape index (κ3) is 3.10. The number of hydrogen-bond acceptors (Lipinski definition) is 7. The fourth-order valence-electron chi connectivity index (χ4n) is 4.07. The highest BCUT2D eigenvalue weighted by atomic mass is 16.1. The van der Waals surface area contributed by atoms with Gasteiger partial charge >= 0.3 is 0 Å². The van der Waals surface area contributed by atoms with Crippen LogP contribution in [-0.2, 0) is 16.6 Å². The minimum Gasteiger partial charge on any atom is -0.365 e. The fourth-order valence-corrected chi connectivity index (χ4v) is 4.07. The molecule has 0 radical (unpaired) electrons. The monoisotopic (exact) mass is 399 g/mol. The van der Waals surface area contributed by atoms with Crippen molar-refractivity contribution in [2.24, 2.45) is 0 Å². The standard InChI is InChI=1S/C22H21N7O/c30-12-2-11-29-18-13-22(19-6-9-23-14-25-19,20-7-10-24-15-26-20)8-5-17(18)21(28-29)27-16-3-1-4-16/h2,5-12,14-16H,1,3-4,13H2,(H,27,28). The van der Waals surface area contributed by atoms with Crippen LogP contribution in [0.1, 0.15) is 41.9 Å². The molecule has 0 saturated heterocycles. The highest BCUT2D eigenvalue weighted by molar-refractivity contribution is 5.74. The molecule has 1 saturated carbocycles. The minimum absolute atomic E-state index is 0.455. The van der Waals surface area contributed by atoms with Crippen LogP contribution in [0.4, 0.5) is 5.82 Å². The third-order valence-corrected chi connectivity index (χ3v) is 5.86. The summed E-state index contributed by atoms with van der Waals surface area (Å²) in [7, 11) is 0. The highest BCUT2D eigenvalue weighted by Crippen LogP contribution is 2.42. The summed E-state index contributed by atoms with van der Waals surface area (Å²) in [6.07, 6.45) is 18.9. The van der Waals surface area contributed by atoms with Crippen molar-refractivity contribution in [2.45, 2.75) is 37.1 Å². The van der Waals surface area contributed by atoms with E-state index in [0.29, 0.717) is 12.5 Å². The van der Waals surface area contributed by atoms with Gasteiger partial charge in [-0.15, -0.1) is 0 Å². The third-order valence-electron chi connectivity index (χ3n) is 5.86. The molecule has 0 spiro atoms. The van der Waals surface area contributed by atoms with Crippen LogP contribution in [0.25, 0.3) is 12.3 Å². The van der Waals surface area contributed by atoms with Gasteiger partial charge in [-0.1, -0.05) is 12.2 Å². The van der Waals surface area contributed by atoms with Gasteiger partial charge in [0.1, 0.15) is 18.9 Å². The molecule has 3 aromatic heterocycles. The van der Waals surface area contributed by atoms with Crippen molar-refractivity contribution in [2.75, 3.05) is 5.32 Å². The summed E-state index contributed by atoms with van der Waals surface area (Å²) in [6, 6.07) is 4.27. The lowest BCUT2D eigenvalue weighted by atomic mass is 9.73. The van der Waals surface area contributed by atoms with Crippen LogP contribution in [0.3, 0.4) is 0 Å². The van der Waals surface area contributed by atoms with Crippen molar-refractivity contribution < 1.29 is 4.79 Å². The van der Waals surface area contributed by atoms with E-state index in [4.69, 9.17) is 5.10 Å². The Hall–Kier alpha value is -3.68. The van der Waals surface area contributed by atoms with E-state index >= 15 is 0 Å². The van der Waals surface area contributed by atoms with Crippen LogP contribution in [0.15, 0.2) is 49.3 Å². The Morgan fingerprint density at radius 2 is 1.83 bits per heavy atom. The van der Waals surface area contributed by atoms with E-state index in [-0.39, 0.29) is 0 Å². The van der Waals surface area contributed by atoms with Gasteiger partial charge in [-0.05, 0) is 37.5 Å². The lowest BCUT2D eigenvalue weighted by Crippen LogP contribution is -2.33. The average Bonchev–Trinajstić information content (AvgIpc) is 3.12. The van der Waals surface area contributed by atoms with Crippen molar-refractivity contribution in [3.63, 3.8) is 0 Å². The number of anilines is 1. The van der Waals surface area contributed by atoms with Gasteiger partial charge in [0.05, 0.1) is 22.5 Å². The molecule has 2 aliphatic carbocycles. The molecule has 0 unspecified atom stereocenters. The maximum absolute atomic E-state index is 11.0. The summed E-state index contributed by atoms with van der Waals surface area (Å²) in [5.41, 5.74) is 3.14. The zero-order chi connectivity index (χ0) is 20.4. The van der Waals surface area contributed by atoms with Gasteiger partial charge < -0.3 is 5.32 Å². The second kappa shape index (κ2) is 7.62. The van der Waals surface area contributed by atoms with Crippen molar-refractivity contribution in [3.8, 4) is 0 Å². The number of rotatable bonds is 6. The number of aldehydes is 1. The summed E-state index contributed by atoms with van der Waals surface area (Å²) < 4.78 is 1.78. The molecule has 3 heterocycles. The normalized spacial score (nSPS) is 17.5. The Balaban J connectivity index is 1.64. The van der Waals surface area contributed by atoms with Crippen LogP contribution >= 0.6 is 0 Å². The largest absolute Gasteiger partial charge is 0.365 e. The van der Waals surface area contributed by atoms with E-state index in [2.05, 4.69) is 37.4 Å². The Labute approximate surface area is 173 Å². The SMILES string of the molecule is O=CC=Cn1nc(NC2CCC2)c2c1CC(c1ccncn1)(c1ccncn1)C=C2. The number of carbonyl (C=O) groups excluding carboxylic acids is 1. The molecular weight excluding hydrogens is 378 g/mol. The number of allylic oxidation sites excluding steroid dienone is 2. The number of nitrogens with one attached hydrogen (secondary N) is 1. The molecule has 0 amide bonds. The van der Waals surface area contributed by atoms with Crippen molar-refractivity contribution >= 4 is 24.4 Å². The molecule has 5 rings (SSSR count). The van der Waals surface area contributed by atoms with E-state index < -0.39 is 5.41 Å². The summed E-state index contributed by atoms with van der Waals surface area (Å²) >= 11 is 0. The van der Waals surface area contributed by atoms with E-state index in [9.17, 15) is 4.79 Å². The first-order valence-electron chi connectivity index (χ1n) is 10.0. The summed E-state index contributed by atoms with van der Waals surface area (Å²) in [5, 5.41) is 8.30. The van der Waals surface area contributed by atoms with Gasteiger partial charge in [0.25, 0.3) is 0 Å². The Morgan fingerprint density at radius 1 is 1.10 bits per heavy atom. The average molecular weight is 399 g/mol. The summed E-state index contributed by atoms with van der Waals surface area (Å²) in [5.74, 6) is 0.848. The molecule has 0 bridgehead atoms. The smallest absolute Gasteiger partial charge is 0.156 e. The van der Waals surface area contributed by atoms with E-state index in [1.807, 2.05) is 12.1 Å². The van der Waals surface area contributed by atoms with Crippen molar-refractivity contribution in [3.05, 3.63) is 72.0 Å². The van der Waals surface area contributed by atoms with E-state index in [1.54, 1.807) is 35.9 Å². The van der Waals surface area contributed by atoms with Crippen LogP contribution in [-0.4, -0.2) is 42.0 Å². The maximum Gasteiger partial charge on any atom is 0.156 e. The Kier molecular flexibility index (Phi) is 4.66. The number of carbonyl (C=O) groups is 1. The molecule has 0 aliphatic heterocycles. The molecule has 1 N–H and O–H groups in total. The van der Waals surface area contributed by atoms with Gasteiger partial charge in [-0.25, -0.2) is 24.6 Å². The predicted octanol–water partition coefficient (Wildman–Crippen LogP) is 2.65. The summed E-state index contributed by atoms with van der Waals surface area (Å²) in [6.45, 7) is 0. The maximum atomic E-state index is 11.0. The lowest BCUT2D eigenvalue weighted by Gasteiger charge is -2.32. The first-order valence-corrected chi connectivity index (χ1v) is 10.0. The van der Waals surface area contributed by atoms with Crippen LogP contribution in [0, 0.1) is 0 Å². The zero-order valence-electron chi connectivity index (χ0n) is 16.3. The predicted molar refractivity (Wildman–Crippen MR) is 112 cm³/mol. The van der Waals surface area contributed by atoms with Crippen LogP contribution in [0.2, 0.25) is 0 Å². The molecule has 8 nitrogen and oxygen atoms in total. The molecule has 2 aliphatic rings. The quantitative estimate of drug-likeness (QED) is 0.502. The van der Waals surface area contributed by atoms with Crippen LogP contribution in [0.5, 0.6) is 0 Å². The zero-order valence-corrected chi connectivity index (χ0v) is 16.3. The second-order valence-corrected chi connectivity index (χ2v) is 7.57. The van der Waals surface area contributed by atoms with Gasteiger partial charge in [0.2, 0.25) is 0 Å². The molecule has 0 atom stereocenters. The summed E-state index contributed by atoms with van der Waals surface area (Å²) in [4.78, 5) is 28.2. The lowest BCUT2D eigenvalue weighted by molar-refractivity contribution is -0.104. The molecule has 30 heavy (non-hydrogen) atoms. The fraction of sp³-hybridized carbons (Fsp3) is 0.273. The number of aromatic nitrogens is 6. The van der Waals surface area contributed by atoms with E-state index in [0.717, 1.165) is 47.6 Å². The van der Waals surface area contributed by atoms with Gasteiger partial charge in [0.15, 0.2) is 5.82 Å². The Bertz CT molecular complexity index is 1060. The first-order chi connectivity index (χ1) is 14.8. The number of hydrogen-bond donors (Lipinski definition) is 1. The molecule has 0 aromatic carbocycles. The van der Waals surface area contributed by atoms with E-state index in [1.165, 1.54) is 12.5 Å². The van der Waals surface area contributed by atoms with Gasteiger partial charge in [-0.3, -0.25) is 4.79 Å². The van der Waals surface area contributed by atoms with Crippen LogP contribution < -0.4 is 5.32 Å². The number of nitrogens with zero attached hydrogens (tertiary/aromatic N) is 6. The topological polar surface area (TPSA) is 98.5 Å². The molecule has 150 valence electrons. The second-order valence-electron chi connectivity index (χ2n) is 7.57. The van der Waals surface area contributed by atoms with Crippen molar-refractivity contribution in [1.29, 1.82) is 0 Å². The van der Waals surface area contributed by atoms with Gasteiger partial charge in [0, 0.05) is 36.6 Å². The highest BCUT2D eigenvalue weighted by Gasteiger charge is 2.40. The molecule has 8 heteroatoms.